The molecule has 0 aliphatic carbocycles. The molecule has 1 rings (SSSR count). The summed E-state index contributed by atoms with van der Waals surface area (Å²) in [6.07, 6.45) is 1.66. The average molecular weight is 190 g/mol. The molecule has 0 N–H and O–H groups in total. The van der Waals surface area contributed by atoms with Gasteiger partial charge in [0.2, 0.25) is 0 Å². The summed E-state index contributed by atoms with van der Waals surface area (Å²) < 4.78 is 5.19. The van der Waals surface area contributed by atoms with E-state index in [1.807, 2.05) is 19.1 Å². The summed E-state index contributed by atoms with van der Waals surface area (Å²) in [4.78, 5) is 4.02. The zero-order valence-corrected chi connectivity index (χ0v) is 7.65. The largest absolute Gasteiger partial charge is 0.492 e. The highest BCUT2D eigenvalue weighted by Gasteiger charge is 1.93. The average Bonchev–Trinajstić information content (AvgIpc) is 2.07. The van der Waals surface area contributed by atoms with Crippen LogP contribution in [0.3, 0.4) is 0 Å². The van der Waals surface area contributed by atoms with Gasteiger partial charge in [-0.15, -0.1) is 0 Å². The molecule has 0 aliphatic heterocycles. The second-order valence-corrected chi connectivity index (χ2v) is 2.88. The predicted molar refractivity (Wildman–Crippen MR) is 47.1 cm³/mol. The van der Waals surface area contributed by atoms with Gasteiger partial charge in [0.05, 0.1) is 12.8 Å². The number of hydrogen-bond donors (Lipinski definition) is 0. The van der Waals surface area contributed by atoms with Gasteiger partial charge >= 0.3 is 0 Å². The summed E-state index contributed by atoms with van der Waals surface area (Å²) >= 11 is 0. The van der Waals surface area contributed by atoms with E-state index in [1.54, 1.807) is 6.20 Å². The molecule has 0 radical (unpaired) electrons. The molecule has 1 aromatic heterocycles. The number of nitrogens with zero attached hydrogens (tertiary/aromatic N) is 1. The minimum Gasteiger partial charge on any atom is -0.492 e. The lowest BCUT2D eigenvalue weighted by atomic mass is 10.5. The maximum absolute atomic E-state index is 5.47. The van der Waals surface area contributed by atoms with Crippen LogP contribution < -0.4 is 4.74 Å². The maximum atomic E-state index is 5.47. The van der Waals surface area contributed by atoms with E-state index in [9.17, 15) is 0 Å². The van der Waals surface area contributed by atoms with E-state index in [2.05, 4.69) is 4.98 Å². The number of halogens is 1. The summed E-state index contributed by atoms with van der Waals surface area (Å²) in [6.45, 7) is 2.60. The molecule has 2 nitrogen and oxygen atoms in total. The molecule has 60 valence electrons. The zero-order chi connectivity index (χ0) is 8.10. The Balaban J connectivity index is 2.66. The van der Waals surface area contributed by atoms with Gasteiger partial charge in [-0.05, 0) is 29.7 Å². The van der Waals surface area contributed by atoms with Crippen molar-refractivity contribution in [3.63, 3.8) is 0 Å². The minimum atomic E-state index is 0.662. The van der Waals surface area contributed by atoms with Crippen LogP contribution in [0, 0.1) is 0 Å². The number of rotatable bonds is 3. The second-order valence-electron chi connectivity index (χ2n) is 1.84. The first-order chi connectivity index (χ1) is 5.36. The zero-order valence-electron chi connectivity index (χ0n) is 6.08. The predicted octanol–water partition coefficient (Wildman–Crippen LogP) is 2.73. The van der Waals surface area contributed by atoms with Crippen molar-refractivity contribution in [2.24, 2.45) is 0 Å². The van der Waals surface area contributed by atoms with Gasteiger partial charge in [-0.2, -0.15) is 0 Å². The van der Waals surface area contributed by atoms with E-state index in [4.69, 9.17) is 15.4 Å². The third kappa shape index (κ3) is 2.60. The molecule has 0 saturated heterocycles. The fraction of sp³-hybridized carbons (Fsp3) is 0.286. The highest BCUT2D eigenvalue weighted by molar-refractivity contribution is 8.21. The molecule has 0 unspecified atom stereocenters. The van der Waals surface area contributed by atoms with E-state index in [-0.39, 0.29) is 0 Å². The standard InChI is InChI=1S/C7H8ClNOS/c1-2-10-6-3-4-7(11-8)9-5-6/h3-5H,2H2,1H3. The Bertz CT molecular complexity index is 214. The third-order valence-corrected chi connectivity index (χ3v) is 1.97. The molecule has 0 spiro atoms. The van der Waals surface area contributed by atoms with Crippen LogP contribution in [-0.2, 0) is 0 Å². The van der Waals surface area contributed by atoms with Gasteiger partial charge < -0.3 is 4.74 Å². The third-order valence-electron chi connectivity index (χ3n) is 1.10. The lowest BCUT2D eigenvalue weighted by Crippen LogP contribution is -1.91. The Morgan fingerprint density at radius 1 is 1.64 bits per heavy atom. The number of pyridine rings is 1. The Labute approximate surface area is 74.4 Å². The molecule has 0 aliphatic rings. The van der Waals surface area contributed by atoms with E-state index in [0.29, 0.717) is 6.61 Å². The maximum Gasteiger partial charge on any atom is 0.137 e. The van der Waals surface area contributed by atoms with E-state index < -0.39 is 0 Å². The van der Waals surface area contributed by atoms with Crippen LogP contribution in [0.1, 0.15) is 6.92 Å². The summed E-state index contributed by atoms with van der Waals surface area (Å²) in [5.41, 5.74) is 0. The van der Waals surface area contributed by atoms with Gasteiger partial charge in [-0.3, -0.25) is 0 Å². The molecule has 4 heteroatoms. The first kappa shape index (κ1) is 8.68. The van der Waals surface area contributed by atoms with Crippen molar-refractivity contribution in [1.29, 1.82) is 0 Å². The van der Waals surface area contributed by atoms with Gasteiger partial charge in [0.25, 0.3) is 0 Å². The van der Waals surface area contributed by atoms with Crippen LogP contribution in [0.4, 0.5) is 0 Å². The van der Waals surface area contributed by atoms with E-state index in [1.165, 1.54) is 0 Å². The van der Waals surface area contributed by atoms with E-state index in [0.717, 1.165) is 21.8 Å². The van der Waals surface area contributed by atoms with Gasteiger partial charge in [0.1, 0.15) is 10.8 Å². The normalized spacial score (nSPS) is 9.64. The van der Waals surface area contributed by atoms with Crippen molar-refractivity contribution in [1.82, 2.24) is 4.98 Å². The Hall–Kier alpha value is -0.410. The fourth-order valence-corrected chi connectivity index (χ4v) is 1.15. The molecular weight excluding hydrogens is 182 g/mol. The molecule has 0 atom stereocenters. The van der Waals surface area contributed by atoms with Crippen molar-refractivity contribution < 1.29 is 4.74 Å². The highest BCUT2D eigenvalue weighted by atomic mass is 35.7. The summed E-state index contributed by atoms with van der Waals surface area (Å²) in [5, 5.41) is 0.787. The monoisotopic (exact) mass is 189 g/mol. The number of aromatic nitrogens is 1. The highest BCUT2D eigenvalue weighted by Crippen LogP contribution is 2.20. The van der Waals surface area contributed by atoms with Gasteiger partial charge in [-0.25, -0.2) is 4.98 Å². The van der Waals surface area contributed by atoms with Crippen LogP contribution in [0.25, 0.3) is 0 Å². The topological polar surface area (TPSA) is 22.1 Å². The van der Waals surface area contributed by atoms with Crippen molar-refractivity contribution in [3.05, 3.63) is 18.3 Å². The SMILES string of the molecule is CCOc1ccc(SCl)nc1. The molecule has 11 heavy (non-hydrogen) atoms. The van der Waals surface area contributed by atoms with Crippen LogP contribution in [0.15, 0.2) is 23.4 Å². The number of hydrogen-bond acceptors (Lipinski definition) is 3. The van der Waals surface area contributed by atoms with Crippen LogP contribution in [0.5, 0.6) is 5.75 Å². The second kappa shape index (κ2) is 4.46. The van der Waals surface area contributed by atoms with Gasteiger partial charge in [0, 0.05) is 11.0 Å². The van der Waals surface area contributed by atoms with Gasteiger partial charge in [-0.1, -0.05) is 0 Å². The molecule has 0 amide bonds. The first-order valence-corrected chi connectivity index (χ1v) is 4.88. The first-order valence-electron chi connectivity index (χ1n) is 3.24. The molecule has 1 heterocycles. The molecule has 0 bridgehead atoms. The minimum absolute atomic E-state index is 0.662. The molecule has 1 aromatic rings. The van der Waals surface area contributed by atoms with Crippen molar-refractivity contribution in [2.45, 2.75) is 11.9 Å². The lowest BCUT2D eigenvalue weighted by molar-refractivity contribution is 0.338. The molecule has 0 aromatic carbocycles. The van der Waals surface area contributed by atoms with Crippen LogP contribution in [-0.4, -0.2) is 11.6 Å². The summed E-state index contributed by atoms with van der Waals surface area (Å²) in [7, 11) is 6.57. The van der Waals surface area contributed by atoms with Crippen LogP contribution >= 0.6 is 21.7 Å². The Kier molecular flexibility index (Phi) is 3.52. The summed E-state index contributed by atoms with van der Waals surface area (Å²) in [5.74, 6) is 0.780. The quantitative estimate of drug-likeness (QED) is 0.730. The molecular formula is C7H8ClNOS. The van der Waals surface area contributed by atoms with Crippen molar-refractivity contribution in [2.75, 3.05) is 6.61 Å². The smallest absolute Gasteiger partial charge is 0.137 e. The van der Waals surface area contributed by atoms with Gasteiger partial charge in [0.15, 0.2) is 0 Å². The van der Waals surface area contributed by atoms with E-state index >= 15 is 0 Å². The fourth-order valence-electron chi connectivity index (χ4n) is 0.664. The van der Waals surface area contributed by atoms with Crippen molar-refractivity contribution in [3.8, 4) is 5.75 Å². The summed E-state index contributed by atoms with van der Waals surface area (Å²) in [6, 6.07) is 3.67. The lowest BCUT2D eigenvalue weighted by Gasteiger charge is -2.00. The van der Waals surface area contributed by atoms with Crippen molar-refractivity contribution >= 4 is 21.7 Å². The molecule has 0 fully saturated rings. The molecule has 0 saturated carbocycles. The van der Waals surface area contributed by atoms with Crippen LogP contribution in [0.2, 0.25) is 0 Å². The Morgan fingerprint density at radius 2 is 2.45 bits per heavy atom. The number of ether oxygens (including phenoxy) is 1. The Morgan fingerprint density at radius 3 is 2.91 bits per heavy atom.